The summed E-state index contributed by atoms with van der Waals surface area (Å²) in [4.78, 5) is 13.1. The van der Waals surface area contributed by atoms with E-state index in [9.17, 15) is 9.36 Å². The van der Waals surface area contributed by atoms with Gasteiger partial charge < -0.3 is 13.8 Å². The van der Waals surface area contributed by atoms with Gasteiger partial charge in [0.15, 0.2) is 0 Å². The Hall–Kier alpha value is -1.72. The Kier molecular flexibility index (Phi) is 7.03. The molecular formula is C23H32NO5P. The molecule has 3 rings (SSSR count). The van der Waals surface area contributed by atoms with Crippen molar-refractivity contribution in [3.63, 3.8) is 0 Å². The van der Waals surface area contributed by atoms with Crippen LogP contribution in [0.25, 0.3) is 10.8 Å². The molecule has 0 amide bonds. The van der Waals surface area contributed by atoms with Gasteiger partial charge in [-0.3, -0.25) is 14.7 Å². The summed E-state index contributed by atoms with van der Waals surface area (Å²) >= 11 is 0. The molecule has 0 aliphatic carbocycles. The summed E-state index contributed by atoms with van der Waals surface area (Å²) in [5, 5.41) is 5.59. The predicted octanol–water partition coefficient (Wildman–Crippen LogP) is 5.42. The predicted molar refractivity (Wildman–Crippen MR) is 118 cm³/mol. The lowest BCUT2D eigenvalue weighted by Crippen LogP contribution is -2.32. The highest BCUT2D eigenvalue weighted by Gasteiger charge is 2.49. The number of ether oxygens (including phenoxy) is 1. The van der Waals surface area contributed by atoms with E-state index in [-0.39, 0.29) is 25.2 Å². The fourth-order valence-electron chi connectivity index (χ4n) is 3.91. The molecule has 0 unspecified atom stereocenters. The van der Waals surface area contributed by atoms with Crippen molar-refractivity contribution in [3.8, 4) is 0 Å². The van der Waals surface area contributed by atoms with E-state index in [1.54, 1.807) is 13.8 Å². The molecule has 0 radical (unpaired) electrons. The Balaban J connectivity index is 1.97. The molecule has 3 atom stereocenters. The molecule has 1 aliphatic rings. The second-order valence-electron chi connectivity index (χ2n) is 8.52. The van der Waals surface area contributed by atoms with Crippen molar-refractivity contribution in [2.75, 3.05) is 13.2 Å². The van der Waals surface area contributed by atoms with Crippen molar-refractivity contribution in [1.29, 1.82) is 0 Å². The Morgan fingerprint density at radius 2 is 1.70 bits per heavy atom. The number of fused-ring (bicyclic) bond motifs is 1. The number of hydrogen-bond acceptors (Lipinski definition) is 6. The number of esters is 1. The van der Waals surface area contributed by atoms with Gasteiger partial charge in [0.2, 0.25) is 0 Å². The first-order valence-corrected chi connectivity index (χ1v) is 12.1. The summed E-state index contributed by atoms with van der Waals surface area (Å²) in [5.41, 5.74) is 0.346. The second kappa shape index (κ2) is 9.19. The average molecular weight is 433 g/mol. The molecule has 2 aromatic carbocycles. The lowest BCUT2D eigenvalue weighted by Gasteiger charge is -2.25. The van der Waals surface area contributed by atoms with E-state index in [1.165, 1.54) is 0 Å². The average Bonchev–Trinajstić information content (AvgIpc) is 3.13. The molecule has 1 saturated heterocycles. The number of carbonyl (C=O) groups excluding carboxylic acids is 1. The molecule has 1 heterocycles. The Morgan fingerprint density at radius 1 is 1.07 bits per heavy atom. The van der Waals surface area contributed by atoms with E-state index < -0.39 is 24.9 Å². The molecule has 1 fully saturated rings. The van der Waals surface area contributed by atoms with Crippen LogP contribution in [0.3, 0.4) is 0 Å². The standard InChI is InChI=1S/C23H32NO5P/c1-6-27-30(26,28-7-2)20-15-19(22(25)29-23(3,4)5)21(24-20)18-13-12-16-10-8-9-11-17(16)14-18/h8-14,19-21,24H,6-7,15H2,1-5H3/t19-,20-,21+/m0/s1. The first kappa shape index (κ1) is 23.0. The van der Waals surface area contributed by atoms with Crippen LogP contribution >= 0.6 is 7.60 Å². The van der Waals surface area contributed by atoms with Gasteiger partial charge in [-0.2, -0.15) is 0 Å². The minimum absolute atomic E-state index is 0.271. The molecule has 30 heavy (non-hydrogen) atoms. The van der Waals surface area contributed by atoms with E-state index in [0.717, 1.165) is 16.3 Å². The van der Waals surface area contributed by atoms with Gasteiger partial charge in [0, 0.05) is 6.04 Å². The van der Waals surface area contributed by atoms with E-state index in [2.05, 4.69) is 11.4 Å². The van der Waals surface area contributed by atoms with Crippen molar-refractivity contribution < 1.29 is 23.1 Å². The Bertz CT molecular complexity index is 929. The summed E-state index contributed by atoms with van der Waals surface area (Å²) in [5.74, 6) is -1.38. The number of carbonyl (C=O) groups is 1. The summed E-state index contributed by atoms with van der Waals surface area (Å²) in [6, 6.07) is 13.8. The smallest absolute Gasteiger partial charge is 0.347 e. The number of rotatable bonds is 7. The van der Waals surface area contributed by atoms with Crippen LogP contribution in [0.4, 0.5) is 0 Å². The fourth-order valence-corrected chi connectivity index (χ4v) is 5.89. The third kappa shape index (κ3) is 5.12. The summed E-state index contributed by atoms with van der Waals surface area (Å²) in [7, 11) is -3.42. The van der Waals surface area contributed by atoms with Crippen molar-refractivity contribution in [2.24, 2.45) is 5.92 Å². The maximum atomic E-state index is 13.4. The largest absolute Gasteiger partial charge is 0.460 e. The van der Waals surface area contributed by atoms with Crippen LogP contribution in [0.5, 0.6) is 0 Å². The normalized spacial score (nSPS) is 22.4. The topological polar surface area (TPSA) is 73.9 Å². The Morgan fingerprint density at radius 3 is 2.30 bits per heavy atom. The van der Waals surface area contributed by atoms with Crippen molar-refractivity contribution in [3.05, 3.63) is 48.0 Å². The lowest BCUT2D eigenvalue weighted by atomic mass is 9.92. The summed E-state index contributed by atoms with van der Waals surface area (Å²) in [6.07, 6.45) is 0.323. The number of nitrogens with one attached hydrogen (secondary N) is 1. The van der Waals surface area contributed by atoms with Gasteiger partial charge in [0.05, 0.1) is 19.1 Å². The highest BCUT2D eigenvalue weighted by atomic mass is 31.2. The van der Waals surface area contributed by atoms with Gasteiger partial charge >= 0.3 is 13.6 Å². The molecule has 0 aromatic heterocycles. The Labute approximate surface area is 178 Å². The first-order chi connectivity index (χ1) is 14.2. The van der Waals surface area contributed by atoms with Crippen LogP contribution in [0, 0.1) is 5.92 Å². The molecule has 7 heteroatoms. The molecule has 1 N–H and O–H groups in total. The van der Waals surface area contributed by atoms with Crippen LogP contribution in [0.1, 0.15) is 52.6 Å². The van der Waals surface area contributed by atoms with Crippen molar-refractivity contribution in [2.45, 2.75) is 58.5 Å². The first-order valence-electron chi connectivity index (χ1n) is 10.5. The van der Waals surface area contributed by atoms with Gasteiger partial charge in [0.25, 0.3) is 0 Å². The summed E-state index contributed by atoms with van der Waals surface area (Å²) in [6.45, 7) is 9.66. The minimum Gasteiger partial charge on any atom is -0.460 e. The SMILES string of the molecule is CCOP(=O)(OCC)[C@H]1C[C@H](C(=O)OC(C)(C)C)[C@@H](c2ccc3ccccc3c2)N1. The molecule has 0 saturated carbocycles. The van der Waals surface area contributed by atoms with Crippen molar-refractivity contribution in [1.82, 2.24) is 5.32 Å². The van der Waals surface area contributed by atoms with Crippen LogP contribution in [-0.4, -0.2) is 30.6 Å². The van der Waals surface area contributed by atoms with E-state index in [0.29, 0.717) is 6.42 Å². The maximum Gasteiger partial charge on any atom is 0.347 e. The summed E-state index contributed by atoms with van der Waals surface area (Å²) < 4.78 is 30.2. The third-order valence-electron chi connectivity index (χ3n) is 5.09. The van der Waals surface area contributed by atoms with Crippen LogP contribution in [0.15, 0.2) is 42.5 Å². The zero-order valence-electron chi connectivity index (χ0n) is 18.4. The molecular weight excluding hydrogens is 401 g/mol. The van der Waals surface area contributed by atoms with Gasteiger partial charge in [-0.15, -0.1) is 0 Å². The molecule has 1 aliphatic heterocycles. The molecule has 164 valence electrons. The highest BCUT2D eigenvalue weighted by Crippen LogP contribution is 2.57. The maximum absolute atomic E-state index is 13.4. The van der Waals surface area contributed by atoms with Crippen LogP contribution in [-0.2, 0) is 23.1 Å². The van der Waals surface area contributed by atoms with Gasteiger partial charge in [-0.05, 0) is 63.4 Å². The molecule has 6 nitrogen and oxygen atoms in total. The highest BCUT2D eigenvalue weighted by molar-refractivity contribution is 7.54. The fraction of sp³-hybridized carbons (Fsp3) is 0.522. The number of hydrogen-bond donors (Lipinski definition) is 1. The second-order valence-corrected chi connectivity index (χ2v) is 10.7. The third-order valence-corrected chi connectivity index (χ3v) is 7.45. The van der Waals surface area contributed by atoms with Gasteiger partial charge in [-0.25, -0.2) is 0 Å². The zero-order valence-corrected chi connectivity index (χ0v) is 19.3. The van der Waals surface area contributed by atoms with Gasteiger partial charge in [-0.1, -0.05) is 36.4 Å². The minimum atomic E-state index is -3.42. The quantitative estimate of drug-likeness (QED) is 0.464. The lowest BCUT2D eigenvalue weighted by molar-refractivity contribution is -0.160. The molecule has 0 bridgehead atoms. The van der Waals surface area contributed by atoms with E-state index in [4.69, 9.17) is 13.8 Å². The van der Waals surface area contributed by atoms with Crippen LogP contribution in [0.2, 0.25) is 0 Å². The number of benzene rings is 2. The molecule has 2 aromatic rings. The molecule has 0 spiro atoms. The van der Waals surface area contributed by atoms with Gasteiger partial charge in [0.1, 0.15) is 11.4 Å². The monoisotopic (exact) mass is 433 g/mol. The van der Waals surface area contributed by atoms with E-state index >= 15 is 0 Å². The van der Waals surface area contributed by atoms with Crippen LogP contribution < -0.4 is 5.32 Å². The zero-order chi connectivity index (χ0) is 21.9. The van der Waals surface area contributed by atoms with E-state index in [1.807, 2.05) is 57.2 Å². The van der Waals surface area contributed by atoms with Crippen molar-refractivity contribution >= 4 is 24.3 Å².